The molecule has 1 aromatic rings. The Morgan fingerprint density at radius 2 is 1.84 bits per heavy atom. The zero-order valence-corrected chi connectivity index (χ0v) is 11.6. The van der Waals surface area contributed by atoms with Crippen molar-refractivity contribution in [3.63, 3.8) is 0 Å². The highest BCUT2D eigenvalue weighted by atomic mass is 32.2. The van der Waals surface area contributed by atoms with Crippen LogP contribution in [0.3, 0.4) is 0 Å². The molecule has 0 saturated heterocycles. The molecule has 19 heavy (non-hydrogen) atoms. The second-order valence-corrected chi connectivity index (χ2v) is 6.52. The minimum atomic E-state index is -3.89. The van der Waals surface area contributed by atoms with Crippen LogP contribution < -0.4 is 0 Å². The van der Waals surface area contributed by atoms with Crippen molar-refractivity contribution in [1.82, 2.24) is 4.90 Å². The molecule has 7 heteroatoms. The van der Waals surface area contributed by atoms with E-state index in [2.05, 4.69) is 0 Å². The van der Waals surface area contributed by atoms with Gasteiger partial charge in [-0.1, -0.05) is 6.07 Å². The van der Waals surface area contributed by atoms with Gasteiger partial charge in [-0.25, -0.2) is 13.2 Å². The van der Waals surface area contributed by atoms with Gasteiger partial charge in [-0.05, 0) is 25.1 Å². The molecule has 0 aliphatic heterocycles. The van der Waals surface area contributed by atoms with E-state index in [1.165, 1.54) is 44.1 Å². The summed E-state index contributed by atoms with van der Waals surface area (Å²) < 4.78 is 24.4. The van der Waals surface area contributed by atoms with Gasteiger partial charge in [0.25, 0.3) is 0 Å². The van der Waals surface area contributed by atoms with Crippen molar-refractivity contribution in [1.29, 1.82) is 0 Å². The molecule has 6 nitrogen and oxygen atoms in total. The second-order valence-electron chi connectivity index (χ2n) is 4.25. The summed E-state index contributed by atoms with van der Waals surface area (Å²) >= 11 is 0. The molecular weight excluding hydrogens is 270 g/mol. The summed E-state index contributed by atoms with van der Waals surface area (Å²) in [5, 5.41) is 7.58. The molecule has 0 fully saturated rings. The Labute approximate surface area is 111 Å². The van der Waals surface area contributed by atoms with Gasteiger partial charge in [-0.2, -0.15) is 0 Å². The Morgan fingerprint density at radius 3 is 2.32 bits per heavy atom. The van der Waals surface area contributed by atoms with Crippen LogP contribution in [-0.4, -0.2) is 49.6 Å². The molecule has 0 spiro atoms. The van der Waals surface area contributed by atoms with E-state index in [0.29, 0.717) is 0 Å². The second kappa shape index (κ2) is 5.40. The van der Waals surface area contributed by atoms with Crippen LogP contribution in [0.15, 0.2) is 29.2 Å². The van der Waals surface area contributed by atoms with Gasteiger partial charge in [0.15, 0.2) is 9.84 Å². The standard InChI is InChI=1S/C12H15NO5S/c1-8(11(14)13(2)3)19(17,18)10-6-4-5-9(7-10)12(15)16/h4-8H,1-3H3,(H,15,16). The summed E-state index contributed by atoms with van der Waals surface area (Å²) in [4.78, 5) is 23.5. The fourth-order valence-electron chi connectivity index (χ4n) is 1.51. The van der Waals surface area contributed by atoms with E-state index < -0.39 is 27.0 Å². The maximum Gasteiger partial charge on any atom is 0.335 e. The van der Waals surface area contributed by atoms with Crippen LogP contribution in [0.1, 0.15) is 17.3 Å². The highest BCUT2D eigenvalue weighted by Crippen LogP contribution is 2.18. The number of rotatable bonds is 4. The third-order valence-corrected chi connectivity index (χ3v) is 4.71. The van der Waals surface area contributed by atoms with Crippen LogP contribution in [0.2, 0.25) is 0 Å². The van der Waals surface area contributed by atoms with Gasteiger partial charge in [0, 0.05) is 14.1 Å². The lowest BCUT2D eigenvalue weighted by molar-refractivity contribution is -0.127. The predicted octanol–water partition coefficient (Wildman–Crippen LogP) is 0.635. The first-order valence-corrected chi connectivity index (χ1v) is 7.01. The number of carboxylic acids is 1. The maximum atomic E-state index is 12.2. The van der Waals surface area contributed by atoms with Gasteiger partial charge < -0.3 is 10.0 Å². The minimum absolute atomic E-state index is 0.134. The molecule has 1 aromatic carbocycles. The quantitative estimate of drug-likeness (QED) is 0.876. The Kier molecular flexibility index (Phi) is 4.31. The van der Waals surface area contributed by atoms with E-state index >= 15 is 0 Å². The molecule has 0 bridgehead atoms. The Balaban J connectivity index is 3.24. The molecule has 1 unspecified atom stereocenters. The van der Waals surface area contributed by atoms with Crippen LogP contribution in [0, 0.1) is 0 Å². The van der Waals surface area contributed by atoms with E-state index in [-0.39, 0.29) is 10.5 Å². The Bertz CT molecular complexity index is 606. The number of nitrogens with zero attached hydrogens (tertiary/aromatic N) is 1. The predicted molar refractivity (Wildman–Crippen MR) is 68.7 cm³/mol. The molecule has 0 aliphatic rings. The summed E-state index contributed by atoms with van der Waals surface area (Å²) in [6.45, 7) is 1.28. The molecule has 1 N–H and O–H groups in total. The van der Waals surface area contributed by atoms with Crippen molar-refractivity contribution < 1.29 is 23.1 Å². The summed E-state index contributed by atoms with van der Waals surface area (Å²) in [5.74, 6) is -1.77. The summed E-state index contributed by atoms with van der Waals surface area (Å²) in [6, 6.07) is 4.96. The number of sulfone groups is 1. The van der Waals surface area contributed by atoms with E-state index in [9.17, 15) is 18.0 Å². The third-order valence-electron chi connectivity index (χ3n) is 2.66. The molecule has 104 valence electrons. The molecule has 1 amide bonds. The van der Waals surface area contributed by atoms with E-state index in [1.807, 2.05) is 0 Å². The molecule has 0 saturated carbocycles. The molecule has 0 radical (unpaired) electrons. The zero-order chi connectivity index (χ0) is 14.8. The van der Waals surface area contributed by atoms with Gasteiger partial charge in [-0.3, -0.25) is 4.79 Å². The fourth-order valence-corrected chi connectivity index (χ4v) is 2.95. The number of carboxylic acid groups (broad SMARTS) is 1. The Hall–Kier alpha value is -1.89. The van der Waals surface area contributed by atoms with Gasteiger partial charge >= 0.3 is 5.97 Å². The van der Waals surface area contributed by atoms with Crippen molar-refractivity contribution >= 4 is 21.7 Å². The lowest BCUT2D eigenvalue weighted by Crippen LogP contribution is -2.37. The average Bonchev–Trinajstić information content (AvgIpc) is 2.36. The number of carbonyl (C=O) groups excluding carboxylic acids is 1. The van der Waals surface area contributed by atoms with Gasteiger partial charge in [0.05, 0.1) is 10.5 Å². The highest BCUT2D eigenvalue weighted by molar-refractivity contribution is 7.92. The van der Waals surface area contributed by atoms with Gasteiger partial charge in [0.2, 0.25) is 5.91 Å². The van der Waals surface area contributed by atoms with Crippen molar-refractivity contribution in [2.45, 2.75) is 17.1 Å². The third kappa shape index (κ3) is 3.11. The number of carbonyl (C=O) groups is 2. The van der Waals surface area contributed by atoms with Crippen LogP contribution in [0.4, 0.5) is 0 Å². The van der Waals surface area contributed by atoms with Crippen molar-refractivity contribution in [3.05, 3.63) is 29.8 Å². The monoisotopic (exact) mass is 285 g/mol. The van der Waals surface area contributed by atoms with Gasteiger partial charge in [0.1, 0.15) is 5.25 Å². The normalized spacial score (nSPS) is 12.8. The number of hydrogen-bond donors (Lipinski definition) is 1. The topological polar surface area (TPSA) is 91.8 Å². The molecule has 1 atom stereocenters. The average molecular weight is 285 g/mol. The van der Waals surface area contributed by atoms with Crippen molar-refractivity contribution in [2.75, 3.05) is 14.1 Å². The fraction of sp³-hybridized carbons (Fsp3) is 0.333. The van der Waals surface area contributed by atoms with E-state index in [0.717, 1.165) is 6.07 Å². The first kappa shape index (κ1) is 15.2. The minimum Gasteiger partial charge on any atom is -0.478 e. The van der Waals surface area contributed by atoms with Gasteiger partial charge in [-0.15, -0.1) is 0 Å². The van der Waals surface area contributed by atoms with E-state index in [4.69, 9.17) is 5.11 Å². The smallest absolute Gasteiger partial charge is 0.335 e. The lowest BCUT2D eigenvalue weighted by Gasteiger charge is -2.17. The first-order valence-electron chi connectivity index (χ1n) is 5.46. The maximum absolute atomic E-state index is 12.2. The highest BCUT2D eigenvalue weighted by Gasteiger charge is 2.31. The summed E-state index contributed by atoms with van der Waals surface area (Å²) in [6.07, 6.45) is 0. The number of hydrogen-bond acceptors (Lipinski definition) is 4. The molecule has 0 aliphatic carbocycles. The summed E-state index contributed by atoms with van der Waals surface area (Å²) in [5.41, 5.74) is -0.134. The number of amides is 1. The summed E-state index contributed by atoms with van der Waals surface area (Å²) in [7, 11) is -0.973. The molecular formula is C12H15NO5S. The van der Waals surface area contributed by atoms with E-state index in [1.54, 1.807) is 0 Å². The van der Waals surface area contributed by atoms with Crippen LogP contribution >= 0.6 is 0 Å². The van der Waals surface area contributed by atoms with Crippen LogP contribution in [0.25, 0.3) is 0 Å². The largest absolute Gasteiger partial charge is 0.478 e. The molecule has 1 rings (SSSR count). The molecule has 0 aromatic heterocycles. The number of benzene rings is 1. The Morgan fingerprint density at radius 1 is 1.26 bits per heavy atom. The first-order chi connectivity index (χ1) is 8.67. The van der Waals surface area contributed by atoms with Crippen LogP contribution in [-0.2, 0) is 14.6 Å². The van der Waals surface area contributed by atoms with Crippen molar-refractivity contribution in [2.24, 2.45) is 0 Å². The zero-order valence-electron chi connectivity index (χ0n) is 10.8. The number of aromatic carboxylic acids is 1. The lowest BCUT2D eigenvalue weighted by atomic mass is 10.2. The SMILES string of the molecule is CC(C(=O)N(C)C)S(=O)(=O)c1cccc(C(=O)O)c1. The van der Waals surface area contributed by atoms with Crippen LogP contribution in [0.5, 0.6) is 0 Å². The molecule has 0 heterocycles. The van der Waals surface area contributed by atoms with Crippen molar-refractivity contribution in [3.8, 4) is 0 Å².